The van der Waals surface area contributed by atoms with Crippen LogP contribution in [0.2, 0.25) is 0 Å². The van der Waals surface area contributed by atoms with Crippen LogP contribution in [0.1, 0.15) is 19.4 Å². The molecule has 1 unspecified atom stereocenters. The highest BCUT2D eigenvalue weighted by Crippen LogP contribution is 2.09. The van der Waals surface area contributed by atoms with E-state index in [4.69, 9.17) is 5.11 Å². The number of benzene rings is 1. The first-order valence-corrected chi connectivity index (χ1v) is 6.82. The van der Waals surface area contributed by atoms with E-state index in [1.165, 1.54) is 21.9 Å². The van der Waals surface area contributed by atoms with Crippen molar-refractivity contribution in [2.24, 2.45) is 5.92 Å². The van der Waals surface area contributed by atoms with Crippen LogP contribution >= 0.6 is 0 Å². The van der Waals surface area contributed by atoms with E-state index in [-0.39, 0.29) is 18.4 Å². The minimum absolute atomic E-state index is 0.165. The Labute approximate surface area is 124 Å². The number of rotatable bonds is 6. The van der Waals surface area contributed by atoms with E-state index in [1.807, 2.05) is 0 Å². The number of carboxylic acid groups (broad SMARTS) is 1. The van der Waals surface area contributed by atoms with Crippen molar-refractivity contribution in [1.29, 1.82) is 0 Å². The molecule has 0 aliphatic carbocycles. The first kappa shape index (κ1) is 16.9. The molecular formula is C15H21FN2O3. The fraction of sp³-hybridized carbons (Fsp3) is 0.467. The molecule has 0 heterocycles. The summed E-state index contributed by atoms with van der Waals surface area (Å²) in [5.41, 5.74) is 0.814. The van der Waals surface area contributed by atoms with Gasteiger partial charge in [-0.25, -0.2) is 9.18 Å². The molecule has 21 heavy (non-hydrogen) atoms. The van der Waals surface area contributed by atoms with E-state index in [1.54, 1.807) is 33.0 Å². The number of halogens is 1. The lowest BCUT2D eigenvalue weighted by atomic mass is 10.1. The maximum Gasteiger partial charge on any atom is 0.320 e. The van der Waals surface area contributed by atoms with Crippen LogP contribution < -0.4 is 0 Å². The van der Waals surface area contributed by atoms with Gasteiger partial charge < -0.3 is 14.9 Å². The van der Waals surface area contributed by atoms with Crippen LogP contribution in [-0.4, -0.2) is 47.0 Å². The quantitative estimate of drug-likeness (QED) is 0.877. The standard InChI is InChI=1S/C15H21FN2O3/c1-4-18(9-11(2)14(19)20)15(21)17(3)10-12-5-7-13(16)8-6-12/h5-8,11H,4,9-10H2,1-3H3,(H,19,20). The molecule has 0 spiro atoms. The third-order valence-corrected chi connectivity index (χ3v) is 3.23. The van der Waals surface area contributed by atoms with Crippen LogP contribution in [0.5, 0.6) is 0 Å². The summed E-state index contributed by atoms with van der Waals surface area (Å²) >= 11 is 0. The summed E-state index contributed by atoms with van der Waals surface area (Å²) < 4.78 is 12.8. The third kappa shape index (κ3) is 5.06. The van der Waals surface area contributed by atoms with Crippen molar-refractivity contribution < 1.29 is 19.1 Å². The molecule has 116 valence electrons. The number of hydrogen-bond acceptors (Lipinski definition) is 2. The highest BCUT2D eigenvalue weighted by atomic mass is 19.1. The Kier molecular flexibility index (Phi) is 6.14. The fourth-order valence-corrected chi connectivity index (χ4v) is 1.92. The van der Waals surface area contributed by atoms with Gasteiger partial charge in [0.05, 0.1) is 5.92 Å². The smallest absolute Gasteiger partial charge is 0.320 e. The van der Waals surface area contributed by atoms with Gasteiger partial charge in [-0.05, 0) is 24.6 Å². The summed E-state index contributed by atoms with van der Waals surface area (Å²) in [6.07, 6.45) is 0. The Morgan fingerprint density at radius 1 is 1.29 bits per heavy atom. The molecule has 0 radical (unpaired) electrons. The molecule has 0 aliphatic heterocycles. The minimum atomic E-state index is -0.928. The van der Waals surface area contributed by atoms with Crippen LogP contribution in [-0.2, 0) is 11.3 Å². The van der Waals surface area contributed by atoms with E-state index in [0.29, 0.717) is 13.1 Å². The van der Waals surface area contributed by atoms with Crippen molar-refractivity contribution in [3.8, 4) is 0 Å². The summed E-state index contributed by atoms with van der Waals surface area (Å²) in [6, 6.07) is 5.69. The number of carboxylic acids is 1. The molecule has 1 aromatic rings. The molecule has 2 amide bonds. The average Bonchev–Trinajstić information content (AvgIpc) is 2.45. The number of urea groups is 1. The van der Waals surface area contributed by atoms with Gasteiger partial charge in [-0.2, -0.15) is 0 Å². The zero-order valence-electron chi connectivity index (χ0n) is 12.5. The Morgan fingerprint density at radius 3 is 2.33 bits per heavy atom. The first-order chi connectivity index (χ1) is 9.85. The van der Waals surface area contributed by atoms with Crippen LogP contribution in [0.15, 0.2) is 24.3 Å². The normalized spacial score (nSPS) is 11.8. The molecule has 0 saturated carbocycles. The van der Waals surface area contributed by atoms with Crippen LogP contribution in [0.25, 0.3) is 0 Å². The van der Waals surface area contributed by atoms with Crippen LogP contribution in [0, 0.1) is 11.7 Å². The number of hydrogen-bond donors (Lipinski definition) is 1. The maximum atomic E-state index is 12.8. The molecule has 5 nitrogen and oxygen atoms in total. The molecular weight excluding hydrogens is 275 g/mol. The molecule has 1 aromatic carbocycles. The van der Waals surface area contributed by atoms with Gasteiger partial charge in [0.1, 0.15) is 5.82 Å². The van der Waals surface area contributed by atoms with E-state index >= 15 is 0 Å². The highest BCUT2D eigenvalue weighted by molar-refractivity contribution is 5.76. The van der Waals surface area contributed by atoms with Gasteiger partial charge >= 0.3 is 12.0 Å². The summed E-state index contributed by atoms with van der Waals surface area (Å²) in [6.45, 7) is 4.32. The number of nitrogens with zero attached hydrogens (tertiary/aromatic N) is 2. The van der Waals surface area contributed by atoms with Gasteiger partial charge in [0.2, 0.25) is 0 Å². The van der Waals surface area contributed by atoms with Crippen molar-refractivity contribution in [2.75, 3.05) is 20.1 Å². The van der Waals surface area contributed by atoms with E-state index in [9.17, 15) is 14.0 Å². The third-order valence-electron chi connectivity index (χ3n) is 3.23. The molecule has 0 aliphatic rings. The molecule has 6 heteroatoms. The Morgan fingerprint density at radius 2 is 1.86 bits per heavy atom. The molecule has 1 atom stereocenters. The van der Waals surface area contributed by atoms with Crippen molar-refractivity contribution in [3.63, 3.8) is 0 Å². The largest absolute Gasteiger partial charge is 0.481 e. The summed E-state index contributed by atoms with van der Waals surface area (Å²) in [5, 5.41) is 8.92. The highest BCUT2D eigenvalue weighted by Gasteiger charge is 2.21. The summed E-state index contributed by atoms with van der Waals surface area (Å²) in [4.78, 5) is 26.1. The SMILES string of the molecule is CCN(CC(C)C(=O)O)C(=O)N(C)Cc1ccc(F)cc1. The van der Waals surface area contributed by atoms with E-state index in [0.717, 1.165) is 5.56 Å². The second-order valence-electron chi connectivity index (χ2n) is 5.04. The van der Waals surface area contributed by atoms with Crippen molar-refractivity contribution in [2.45, 2.75) is 20.4 Å². The summed E-state index contributed by atoms with van der Waals surface area (Å²) in [5.74, 6) is -1.87. The molecule has 0 fully saturated rings. The van der Waals surface area contributed by atoms with Gasteiger partial charge in [-0.1, -0.05) is 19.1 Å². The lowest BCUT2D eigenvalue weighted by Crippen LogP contribution is -2.43. The maximum absolute atomic E-state index is 12.8. The lowest BCUT2D eigenvalue weighted by molar-refractivity contribution is -0.141. The van der Waals surface area contributed by atoms with Crippen molar-refractivity contribution >= 4 is 12.0 Å². The predicted molar refractivity (Wildman–Crippen MR) is 77.3 cm³/mol. The number of carbonyl (C=O) groups is 2. The molecule has 0 aromatic heterocycles. The van der Waals surface area contributed by atoms with Gasteiger partial charge in [-0.15, -0.1) is 0 Å². The zero-order valence-corrected chi connectivity index (χ0v) is 12.5. The Hall–Kier alpha value is -2.11. The second kappa shape index (κ2) is 7.61. The Balaban J connectivity index is 2.66. The average molecular weight is 296 g/mol. The second-order valence-corrected chi connectivity index (χ2v) is 5.04. The van der Waals surface area contributed by atoms with Crippen molar-refractivity contribution in [1.82, 2.24) is 9.80 Å². The van der Waals surface area contributed by atoms with Crippen LogP contribution in [0.4, 0.5) is 9.18 Å². The number of amides is 2. The van der Waals surface area contributed by atoms with E-state index in [2.05, 4.69) is 0 Å². The van der Waals surface area contributed by atoms with E-state index < -0.39 is 11.9 Å². The van der Waals surface area contributed by atoms with Gasteiger partial charge in [0.25, 0.3) is 0 Å². The number of aliphatic carboxylic acids is 1. The summed E-state index contributed by atoms with van der Waals surface area (Å²) in [7, 11) is 1.64. The fourth-order valence-electron chi connectivity index (χ4n) is 1.92. The predicted octanol–water partition coefficient (Wildman–Crippen LogP) is 2.42. The minimum Gasteiger partial charge on any atom is -0.481 e. The molecule has 1 N–H and O–H groups in total. The molecule has 1 rings (SSSR count). The Bertz CT molecular complexity index is 490. The number of carbonyl (C=O) groups excluding carboxylic acids is 1. The first-order valence-electron chi connectivity index (χ1n) is 6.82. The zero-order chi connectivity index (χ0) is 16.0. The van der Waals surface area contributed by atoms with Crippen molar-refractivity contribution in [3.05, 3.63) is 35.6 Å². The van der Waals surface area contributed by atoms with Gasteiger partial charge in [0, 0.05) is 26.7 Å². The molecule has 0 bridgehead atoms. The topological polar surface area (TPSA) is 60.9 Å². The van der Waals surface area contributed by atoms with Crippen LogP contribution in [0.3, 0.4) is 0 Å². The molecule has 0 saturated heterocycles. The lowest BCUT2D eigenvalue weighted by Gasteiger charge is -2.28. The van der Waals surface area contributed by atoms with Gasteiger partial charge in [-0.3, -0.25) is 4.79 Å². The van der Waals surface area contributed by atoms with Gasteiger partial charge in [0.15, 0.2) is 0 Å². The monoisotopic (exact) mass is 296 g/mol.